The zero-order chi connectivity index (χ0) is 16.1. The molecule has 1 aliphatic heterocycles. The summed E-state index contributed by atoms with van der Waals surface area (Å²) in [5.74, 6) is -1.88. The molecule has 0 bridgehead atoms. The quantitative estimate of drug-likeness (QED) is 0.909. The standard InChI is InChI=1S/C17H22FNO3/c1-12(14-7-2-3-8-15(14)18)17(22)19-11-5-4-6-13(19)9-10-16(20)21/h2-3,7-8,12-13H,4-6,9-11H2,1H3,(H,20,21)/t12-,13-/m0/s1. The molecule has 5 heteroatoms. The van der Waals surface area contributed by atoms with E-state index in [2.05, 4.69) is 0 Å². The number of aliphatic carboxylic acids is 1. The number of nitrogens with zero attached hydrogens (tertiary/aromatic N) is 1. The lowest BCUT2D eigenvalue weighted by Gasteiger charge is -2.37. The average molecular weight is 307 g/mol. The maximum absolute atomic E-state index is 13.9. The molecular formula is C17H22FNO3. The van der Waals surface area contributed by atoms with Crippen LogP contribution in [0.3, 0.4) is 0 Å². The number of hydrogen-bond donors (Lipinski definition) is 1. The van der Waals surface area contributed by atoms with E-state index < -0.39 is 11.9 Å². The fourth-order valence-corrected chi connectivity index (χ4v) is 3.09. The van der Waals surface area contributed by atoms with Gasteiger partial charge in [0.25, 0.3) is 0 Å². The molecule has 2 atom stereocenters. The van der Waals surface area contributed by atoms with E-state index in [4.69, 9.17) is 5.11 Å². The lowest BCUT2D eigenvalue weighted by atomic mass is 9.93. The number of amides is 1. The van der Waals surface area contributed by atoms with Crippen molar-refractivity contribution in [2.45, 2.75) is 51.0 Å². The first-order valence-corrected chi connectivity index (χ1v) is 7.77. The Morgan fingerprint density at radius 1 is 1.36 bits per heavy atom. The van der Waals surface area contributed by atoms with Gasteiger partial charge in [-0.2, -0.15) is 0 Å². The fourth-order valence-electron chi connectivity index (χ4n) is 3.09. The monoisotopic (exact) mass is 307 g/mol. The van der Waals surface area contributed by atoms with Crippen LogP contribution >= 0.6 is 0 Å². The largest absolute Gasteiger partial charge is 0.481 e. The van der Waals surface area contributed by atoms with E-state index in [9.17, 15) is 14.0 Å². The van der Waals surface area contributed by atoms with Gasteiger partial charge in [-0.15, -0.1) is 0 Å². The molecule has 1 aliphatic rings. The zero-order valence-electron chi connectivity index (χ0n) is 12.8. The molecule has 1 aromatic carbocycles. The molecule has 1 saturated heterocycles. The van der Waals surface area contributed by atoms with Crippen LogP contribution in [0, 0.1) is 5.82 Å². The second-order valence-electron chi connectivity index (χ2n) is 5.86. The second-order valence-corrected chi connectivity index (χ2v) is 5.86. The topological polar surface area (TPSA) is 57.6 Å². The van der Waals surface area contributed by atoms with Gasteiger partial charge in [-0.25, -0.2) is 4.39 Å². The Balaban J connectivity index is 2.11. The average Bonchev–Trinajstić information content (AvgIpc) is 2.52. The molecule has 0 aliphatic carbocycles. The number of hydrogen-bond acceptors (Lipinski definition) is 2. The third-order valence-electron chi connectivity index (χ3n) is 4.34. The summed E-state index contributed by atoms with van der Waals surface area (Å²) < 4.78 is 13.9. The number of likely N-dealkylation sites (tertiary alicyclic amines) is 1. The highest BCUT2D eigenvalue weighted by atomic mass is 19.1. The summed E-state index contributed by atoms with van der Waals surface area (Å²) in [6.45, 7) is 2.34. The summed E-state index contributed by atoms with van der Waals surface area (Å²) in [6.07, 6.45) is 3.26. The molecule has 0 saturated carbocycles. The van der Waals surface area contributed by atoms with E-state index >= 15 is 0 Å². The van der Waals surface area contributed by atoms with E-state index in [0.29, 0.717) is 18.5 Å². The van der Waals surface area contributed by atoms with Crippen molar-refractivity contribution in [2.24, 2.45) is 0 Å². The molecule has 1 amide bonds. The Morgan fingerprint density at radius 2 is 2.09 bits per heavy atom. The summed E-state index contributed by atoms with van der Waals surface area (Å²) in [5.41, 5.74) is 0.398. The van der Waals surface area contributed by atoms with Crippen LogP contribution in [0.4, 0.5) is 4.39 Å². The fraction of sp³-hybridized carbons (Fsp3) is 0.529. The van der Waals surface area contributed by atoms with Gasteiger partial charge in [-0.3, -0.25) is 9.59 Å². The van der Waals surface area contributed by atoms with Crippen molar-refractivity contribution in [1.29, 1.82) is 0 Å². The maximum atomic E-state index is 13.9. The van der Waals surface area contributed by atoms with Crippen LogP contribution in [0.15, 0.2) is 24.3 Å². The highest BCUT2D eigenvalue weighted by Crippen LogP contribution is 2.27. The number of piperidine rings is 1. The minimum absolute atomic E-state index is 0.0495. The van der Waals surface area contributed by atoms with Crippen molar-refractivity contribution in [2.75, 3.05) is 6.54 Å². The normalized spacial score (nSPS) is 19.7. The van der Waals surface area contributed by atoms with Crippen LogP contribution < -0.4 is 0 Å². The molecule has 1 heterocycles. The van der Waals surface area contributed by atoms with Crippen LogP contribution in [-0.2, 0) is 9.59 Å². The van der Waals surface area contributed by atoms with Crippen molar-refractivity contribution in [3.05, 3.63) is 35.6 Å². The van der Waals surface area contributed by atoms with Crippen LogP contribution in [0.5, 0.6) is 0 Å². The van der Waals surface area contributed by atoms with Crippen molar-refractivity contribution < 1.29 is 19.1 Å². The predicted octanol–water partition coefficient (Wildman–Crippen LogP) is 3.18. The lowest BCUT2D eigenvalue weighted by Crippen LogP contribution is -2.45. The summed E-state index contributed by atoms with van der Waals surface area (Å²) in [7, 11) is 0. The molecule has 120 valence electrons. The third-order valence-corrected chi connectivity index (χ3v) is 4.34. The molecule has 0 unspecified atom stereocenters. The van der Waals surface area contributed by atoms with Gasteiger partial charge in [0.2, 0.25) is 5.91 Å². The number of carbonyl (C=O) groups excluding carboxylic acids is 1. The highest BCUT2D eigenvalue weighted by Gasteiger charge is 2.31. The van der Waals surface area contributed by atoms with Gasteiger partial charge < -0.3 is 10.0 Å². The first kappa shape index (κ1) is 16.5. The summed E-state index contributed by atoms with van der Waals surface area (Å²) in [6, 6.07) is 6.27. The minimum Gasteiger partial charge on any atom is -0.481 e. The Morgan fingerprint density at radius 3 is 2.77 bits per heavy atom. The van der Waals surface area contributed by atoms with Crippen molar-refractivity contribution in [1.82, 2.24) is 4.90 Å². The maximum Gasteiger partial charge on any atom is 0.303 e. The van der Waals surface area contributed by atoms with Crippen LogP contribution in [0.1, 0.15) is 50.5 Å². The number of halogens is 1. The Kier molecular flexibility index (Phi) is 5.52. The summed E-state index contributed by atoms with van der Waals surface area (Å²) >= 11 is 0. The van der Waals surface area contributed by atoms with E-state index in [1.54, 1.807) is 30.0 Å². The second kappa shape index (κ2) is 7.38. The molecule has 1 aromatic rings. The third kappa shape index (κ3) is 3.84. The first-order chi connectivity index (χ1) is 10.5. The molecule has 22 heavy (non-hydrogen) atoms. The van der Waals surface area contributed by atoms with Crippen LogP contribution in [-0.4, -0.2) is 34.5 Å². The predicted molar refractivity (Wildman–Crippen MR) is 81.0 cm³/mol. The Hall–Kier alpha value is -1.91. The van der Waals surface area contributed by atoms with Gasteiger partial charge in [0.15, 0.2) is 0 Å². The number of carboxylic acids is 1. The Labute approximate surface area is 129 Å². The zero-order valence-corrected chi connectivity index (χ0v) is 12.8. The summed E-state index contributed by atoms with van der Waals surface area (Å²) in [5, 5.41) is 8.84. The number of carbonyl (C=O) groups is 2. The number of carboxylic acid groups (broad SMARTS) is 1. The van der Waals surface area contributed by atoms with Gasteiger partial charge in [-0.1, -0.05) is 18.2 Å². The molecule has 0 spiro atoms. The van der Waals surface area contributed by atoms with Gasteiger partial charge in [0.05, 0.1) is 5.92 Å². The van der Waals surface area contributed by atoms with E-state index in [1.807, 2.05) is 0 Å². The first-order valence-electron chi connectivity index (χ1n) is 7.77. The van der Waals surface area contributed by atoms with Crippen LogP contribution in [0.2, 0.25) is 0 Å². The number of benzene rings is 1. The van der Waals surface area contributed by atoms with Gasteiger partial charge >= 0.3 is 5.97 Å². The van der Waals surface area contributed by atoms with Crippen LogP contribution in [0.25, 0.3) is 0 Å². The van der Waals surface area contributed by atoms with Crippen molar-refractivity contribution >= 4 is 11.9 Å². The smallest absolute Gasteiger partial charge is 0.303 e. The Bertz CT molecular complexity index is 546. The molecule has 0 radical (unpaired) electrons. The lowest BCUT2D eigenvalue weighted by molar-refractivity contribution is -0.140. The van der Waals surface area contributed by atoms with Gasteiger partial charge in [0.1, 0.15) is 5.82 Å². The van der Waals surface area contributed by atoms with Gasteiger partial charge in [-0.05, 0) is 44.2 Å². The van der Waals surface area contributed by atoms with Gasteiger partial charge in [0, 0.05) is 19.0 Å². The van der Waals surface area contributed by atoms with Crippen molar-refractivity contribution in [3.63, 3.8) is 0 Å². The summed E-state index contributed by atoms with van der Waals surface area (Å²) in [4.78, 5) is 25.2. The highest BCUT2D eigenvalue weighted by molar-refractivity contribution is 5.83. The minimum atomic E-state index is -0.847. The van der Waals surface area contributed by atoms with E-state index in [1.165, 1.54) is 6.07 Å². The molecule has 0 aromatic heterocycles. The molecule has 1 N–H and O–H groups in total. The SMILES string of the molecule is C[C@H](C(=O)N1CCCC[C@H]1CCC(=O)O)c1ccccc1F. The molecular weight excluding hydrogens is 285 g/mol. The molecule has 1 fully saturated rings. The molecule has 2 rings (SSSR count). The molecule has 4 nitrogen and oxygen atoms in total. The van der Waals surface area contributed by atoms with Crippen molar-refractivity contribution in [3.8, 4) is 0 Å². The number of rotatable bonds is 5. The van der Waals surface area contributed by atoms with E-state index in [-0.39, 0.29) is 24.2 Å². The van der Waals surface area contributed by atoms with E-state index in [0.717, 1.165) is 19.3 Å².